The summed E-state index contributed by atoms with van der Waals surface area (Å²) in [4.78, 5) is 26.9. The number of hydrogen-bond donors (Lipinski definition) is 1. The number of halogens is 1. The summed E-state index contributed by atoms with van der Waals surface area (Å²) in [6.07, 6.45) is 1.47. The Hall–Kier alpha value is -2.78. The molecule has 0 fully saturated rings. The molecule has 186 valence electrons. The molecule has 0 saturated carbocycles. The Morgan fingerprint density at radius 1 is 1.12 bits per heavy atom. The van der Waals surface area contributed by atoms with Gasteiger partial charge in [-0.2, -0.15) is 0 Å². The highest BCUT2D eigenvalue weighted by molar-refractivity contribution is 7.92. The fourth-order valence-corrected chi connectivity index (χ4v) is 4.64. The predicted octanol–water partition coefficient (Wildman–Crippen LogP) is 3.45. The van der Waals surface area contributed by atoms with Gasteiger partial charge in [-0.05, 0) is 56.2 Å². The molecule has 0 aromatic heterocycles. The molecule has 1 atom stereocenters. The first-order valence-electron chi connectivity index (χ1n) is 11.0. The molecule has 0 radical (unpaired) electrons. The van der Waals surface area contributed by atoms with E-state index in [0.29, 0.717) is 23.1 Å². The normalized spacial score (nSPS) is 12.0. The van der Waals surface area contributed by atoms with Crippen LogP contribution in [0.1, 0.15) is 32.3 Å². The Morgan fingerprint density at radius 2 is 1.76 bits per heavy atom. The smallest absolute Gasteiger partial charge is 0.242 e. The monoisotopic (exact) mass is 509 g/mol. The van der Waals surface area contributed by atoms with Crippen molar-refractivity contribution in [2.24, 2.45) is 0 Å². The molecule has 1 unspecified atom stereocenters. The maximum atomic E-state index is 13.1. The first kappa shape index (κ1) is 27.5. The Morgan fingerprint density at radius 3 is 2.32 bits per heavy atom. The summed E-state index contributed by atoms with van der Waals surface area (Å²) >= 11 is 6.27. The van der Waals surface area contributed by atoms with Crippen LogP contribution in [0.2, 0.25) is 5.02 Å². The molecule has 2 amide bonds. The lowest BCUT2D eigenvalue weighted by molar-refractivity contribution is -0.140. The summed E-state index contributed by atoms with van der Waals surface area (Å²) in [5.74, 6) is 0.0806. The molecule has 1 N–H and O–H groups in total. The number of carbonyl (C=O) groups is 2. The molecule has 0 aliphatic carbocycles. The molecule has 0 heterocycles. The van der Waals surface area contributed by atoms with E-state index in [0.717, 1.165) is 11.8 Å². The minimum atomic E-state index is -3.56. The highest BCUT2D eigenvalue weighted by atomic mass is 35.5. The second-order valence-corrected chi connectivity index (χ2v) is 10.1. The lowest BCUT2D eigenvalue weighted by Gasteiger charge is -2.29. The van der Waals surface area contributed by atoms with Gasteiger partial charge in [0.25, 0.3) is 0 Å². The molecule has 2 aromatic rings. The molecule has 2 aromatic carbocycles. The largest absolute Gasteiger partial charge is 0.494 e. The van der Waals surface area contributed by atoms with Crippen LogP contribution in [0.4, 0.5) is 5.69 Å². The van der Waals surface area contributed by atoms with Crippen LogP contribution in [0.5, 0.6) is 5.75 Å². The van der Waals surface area contributed by atoms with Crippen LogP contribution >= 0.6 is 11.6 Å². The first-order chi connectivity index (χ1) is 16.1. The van der Waals surface area contributed by atoms with E-state index in [1.165, 1.54) is 16.3 Å². The Bertz CT molecular complexity index is 1080. The van der Waals surface area contributed by atoms with E-state index in [2.05, 4.69) is 5.32 Å². The number of amides is 2. The van der Waals surface area contributed by atoms with Gasteiger partial charge in [0.1, 0.15) is 11.8 Å². The molecule has 34 heavy (non-hydrogen) atoms. The van der Waals surface area contributed by atoms with E-state index >= 15 is 0 Å². The molecule has 2 rings (SSSR count). The van der Waals surface area contributed by atoms with Crippen molar-refractivity contribution in [2.75, 3.05) is 30.8 Å². The van der Waals surface area contributed by atoms with Gasteiger partial charge in [0.05, 0.1) is 18.6 Å². The summed E-state index contributed by atoms with van der Waals surface area (Å²) in [7, 11) is -2.05. The Balaban J connectivity index is 2.14. The number of nitrogens with one attached hydrogen (secondary N) is 1. The summed E-state index contributed by atoms with van der Waals surface area (Å²) in [5, 5.41) is 3.07. The van der Waals surface area contributed by atoms with Crippen LogP contribution in [0.3, 0.4) is 0 Å². The second kappa shape index (κ2) is 12.6. The van der Waals surface area contributed by atoms with Gasteiger partial charge < -0.3 is 15.0 Å². The number of benzene rings is 2. The van der Waals surface area contributed by atoms with Crippen LogP contribution in [0, 0.1) is 0 Å². The first-order valence-corrected chi connectivity index (χ1v) is 13.3. The fourth-order valence-electron chi connectivity index (χ4n) is 3.48. The van der Waals surface area contributed by atoms with E-state index in [-0.39, 0.29) is 37.7 Å². The highest BCUT2D eigenvalue weighted by Crippen LogP contribution is 2.23. The van der Waals surface area contributed by atoms with Gasteiger partial charge in [0.15, 0.2) is 0 Å². The van der Waals surface area contributed by atoms with Crippen molar-refractivity contribution in [2.45, 2.75) is 39.3 Å². The van der Waals surface area contributed by atoms with Gasteiger partial charge in [-0.1, -0.05) is 29.8 Å². The van der Waals surface area contributed by atoms with Gasteiger partial charge in [-0.3, -0.25) is 13.9 Å². The minimum Gasteiger partial charge on any atom is -0.494 e. The topological polar surface area (TPSA) is 96.0 Å². The fraction of sp³-hybridized carbons (Fsp3) is 0.417. The molecule has 0 saturated heterocycles. The summed E-state index contributed by atoms with van der Waals surface area (Å²) < 4.78 is 31.5. The zero-order valence-electron chi connectivity index (χ0n) is 20.0. The summed E-state index contributed by atoms with van der Waals surface area (Å²) in [6, 6.07) is 13.2. The van der Waals surface area contributed by atoms with Crippen LogP contribution in [-0.2, 0) is 26.2 Å². The highest BCUT2D eigenvalue weighted by Gasteiger charge is 2.26. The minimum absolute atomic E-state index is 0.0643. The summed E-state index contributed by atoms with van der Waals surface area (Å²) in [5.41, 5.74) is 1.21. The van der Waals surface area contributed by atoms with Crippen LogP contribution in [-0.4, -0.2) is 57.6 Å². The van der Waals surface area contributed by atoms with Crippen molar-refractivity contribution < 1.29 is 22.7 Å². The van der Waals surface area contributed by atoms with E-state index in [4.69, 9.17) is 16.3 Å². The number of carbonyl (C=O) groups excluding carboxylic acids is 2. The molecule has 10 heteroatoms. The molecule has 0 spiro atoms. The Labute approximate surface area is 206 Å². The molecule has 0 aliphatic heterocycles. The third kappa shape index (κ3) is 7.63. The zero-order chi connectivity index (χ0) is 25.3. The van der Waals surface area contributed by atoms with Crippen molar-refractivity contribution in [3.8, 4) is 5.75 Å². The number of anilines is 1. The second-order valence-electron chi connectivity index (χ2n) is 7.77. The SMILES string of the molecule is CCOc1ccc(N(CCCC(=O)N(Cc2ccccc2Cl)C(C)C(=O)NC)S(C)(=O)=O)cc1. The van der Waals surface area contributed by atoms with Crippen LogP contribution in [0.25, 0.3) is 0 Å². The number of nitrogens with zero attached hydrogens (tertiary/aromatic N) is 2. The average molecular weight is 510 g/mol. The van der Waals surface area contributed by atoms with Gasteiger partial charge in [0, 0.05) is 31.6 Å². The van der Waals surface area contributed by atoms with Gasteiger partial charge in [-0.15, -0.1) is 0 Å². The zero-order valence-corrected chi connectivity index (χ0v) is 21.5. The lowest BCUT2D eigenvalue weighted by atomic mass is 10.1. The molecule has 0 aliphatic rings. The van der Waals surface area contributed by atoms with Gasteiger partial charge in [0.2, 0.25) is 21.8 Å². The maximum Gasteiger partial charge on any atom is 0.242 e. The number of sulfonamides is 1. The molecular formula is C24H32ClN3O5S. The van der Waals surface area contributed by atoms with Crippen molar-refractivity contribution in [1.82, 2.24) is 10.2 Å². The predicted molar refractivity (Wildman–Crippen MR) is 135 cm³/mol. The number of rotatable bonds is 12. The quantitative estimate of drug-likeness (QED) is 0.472. The number of ether oxygens (including phenoxy) is 1. The van der Waals surface area contributed by atoms with Crippen molar-refractivity contribution >= 4 is 39.1 Å². The van der Waals surface area contributed by atoms with Crippen LogP contribution < -0.4 is 14.4 Å². The van der Waals surface area contributed by atoms with Crippen molar-refractivity contribution in [1.29, 1.82) is 0 Å². The van der Waals surface area contributed by atoms with E-state index in [1.807, 2.05) is 13.0 Å². The lowest BCUT2D eigenvalue weighted by Crippen LogP contribution is -2.46. The van der Waals surface area contributed by atoms with Gasteiger partial charge in [-0.25, -0.2) is 8.42 Å². The van der Waals surface area contributed by atoms with Crippen LogP contribution in [0.15, 0.2) is 48.5 Å². The van der Waals surface area contributed by atoms with E-state index in [9.17, 15) is 18.0 Å². The molecule has 8 nitrogen and oxygen atoms in total. The molecule has 0 bridgehead atoms. The summed E-state index contributed by atoms with van der Waals surface area (Å²) in [6.45, 7) is 4.31. The van der Waals surface area contributed by atoms with Gasteiger partial charge >= 0.3 is 0 Å². The van der Waals surface area contributed by atoms with E-state index in [1.54, 1.807) is 49.4 Å². The van der Waals surface area contributed by atoms with Crippen molar-refractivity contribution in [3.05, 3.63) is 59.1 Å². The number of hydrogen-bond acceptors (Lipinski definition) is 5. The third-order valence-electron chi connectivity index (χ3n) is 5.30. The van der Waals surface area contributed by atoms with E-state index < -0.39 is 16.1 Å². The average Bonchev–Trinajstić information content (AvgIpc) is 2.80. The standard InChI is InChI=1S/C24H32ClN3O5S/c1-5-33-21-14-12-20(13-15-21)28(34(4,31)32)16-8-11-23(29)27(18(2)24(30)26-3)17-19-9-6-7-10-22(19)25/h6-7,9-10,12-15,18H,5,8,11,16-17H2,1-4H3,(H,26,30). The molecular weight excluding hydrogens is 478 g/mol. The van der Waals surface area contributed by atoms with Crippen molar-refractivity contribution in [3.63, 3.8) is 0 Å². The maximum absolute atomic E-state index is 13.1. The third-order valence-corrected chi connectivity index (χ3v) is 6.86. The number of likely N-dealkylation sites (N-methyl/N-ethyl adjacent to an activating group) is 1. The Kier molecular flexibility index (Phi) is 10.2.